The highest BCUT2D eigenvalue weighted by Crippen LogP contribution is 2.45. The number of aliphatic hydroxyl groups excluding tert-OH is 1. The van der Waals surface area contributed by atoms with Gasteiger partial charge in [-0.1, -0.05) is 18.2 Å². The van der Waals surface area contributed by atoms with Crippen molar-refractivity contribution < 1.29 is 5.11 Å². The number of hydrogen-bond acceptors (Lipinski definition) is 2. The summed E-state index contributed by atoms with van der Waals surface area (Å²) in [6, 6.07) is 6.08. The summed E-state index contributed by atoms with van der Waals surface area (Å²) in [5.41, 5.74) is 8.92. The Balaban J connectivity index is 0.000000134. The number of hydrogen-bond donors (Lipinski definition) is 2. The molecule has 0 spiro atoms. The Morgan fingerprint density at radius 2 is 1.64 bits per heavy atom. The largest absolute Gasteiger partial charge is 0.398 e. The molecule has 0 saturated heterocycles. The minimum absolute atomic E-state index is 0.167. The van der Waals surface area contributed by atoms with Gasteiger partial charge in [0.05, 0.1) is 0 Å². The van der Waals surface area contributed by atoms with Gasteiger partial charge in [0.1, 0.15) is 0 Å². The van der Waals surface area contributed by atoms with Crippen LogP contribution >= 0.6 is 0 Å². The maximum absolute atomic E-state index is 8.06. The van der Waals surface area contributed by atoms with Crippen LogP contribution < -0.4 is 5.73 Å². The van der Waals surface area contributed by atoms with Gasteiger partial charge in [-0.15, -0.1) is 0 Å². The van der Waals surface area contributed by atoms with Gasteiger partial charge in [-0.2, -0.15) is 0 Å². The van der Waals surface area contributed by atoms with Crippen molar-refractivity contribution in [1.82, 2.24) is 0 Å². The molecule has 3 N–H and O–H groups in total. The summed E-state index contributed by atoms with van der Waals surface area (Å²) in [6.07, 6.45) is -0.167. The molecule has 2 rings (SSSR count). The van der Waals surface area contributed by atoms with E-state index in [2.05, 4.69) is 0 Å². The Hall–Kier alpha value is -1.02. The number of nitrogen functional groups attached to an aromatic ring is 1. The quantitative estimate of drug-likeness (QED) is 0.562. The minimum Gasteiger partial charge on any atom is -0.398 e. The summed E-state index contributed by atoms with van der Waals surface area (Å²) < 4.78 is 0. The molecule has 2 heteroatoms. The van der Waals surface area contributed by atoms with Gasteiger partial charge in [-0.3, -0.25) is 0 Å². The van der Waals surface area contributed by atoms with Crippen LogP contribution in [0.1, 0.15) is 13.8 Å². The van der Waals surface area contributed by atoms with E-state index in [-0.39, 0.29) is 6.10 Å². The number of rotatable bonds is 0. The van der Waals surface area contributed by atoms with Crippen LogP contribution in [0.2, 0.25) is 0 Å². The second-order valence-corrected chi connectivity index (χ2v) is 2.86. The fourth-order valence-corrected chi connectivity index (χ4v) is 0.833. The standard InChI is InChI=1S/C6H5N.C3H8O/c7-6-4-2-1-3-5(4)6;1-3(2)4/h1-3H,7H2;3-4H,1-2H3. The van der Waals surface area contributed by atoms with Crippen LogP contribution in [-0.4, -0.2) is 11.2 Å². The van der Waals surface area contributed by atoms with Gasteiger partial charge >= 0.3 is 0 Å². The van der Waals surface area contributed by atoms with Crippen LogP contribution in [0.25, 0.3) is 11.1 Å². The first kappa shape index (κ1) is 8.08. The molecule has 11 heavy (non-hydrogen) atoms. The van der Waals surface area contributed by atoms with Gasteiger partial charge in [0.2, 0.25) is 0 Å². The number of aliphatic hydroxyl groups is 1. The van der Waals surface area contributed by atoms with Gasteiger partial charge in [0, 0.05) is 22.9 Å². The summed E-state index contributed by atoms with van der Waals surface area (Å²) in [6.45, 7) is 3.44. The van der Waals surface area contributed by atoms with Gasteiger partial charge in [-0.25, -0.2) is 0 Å². The predicted molar refractivity (Wildman–Crippen MR) is 47.2 cm³/mol. The molecule has 0 aromatic heterocycles. The van der Waals surface area contributed by atoms with E-state index in [4.69, 9.17) is 10.8 Å². The molecule has 2 nitrogen and oxygen atoms in total. The smallest absolute Gasteiger partial charge is 0.0483 e. The SMILES string of the molecule is CC(C)O.Nc1c2cccc1-2. The average Bonchev–Trinajstić information content (AvgIpc) is 2.41. The molecule has 2 aliphatic rings. The van der Waals surface area contributed by atoms with Crippen molar-refractivity contribution in [3.8, 4) is 11.1 Å². The molecule has 0 atom stereocenters. The zero-order chi connectivity index (χ0) is 8.43. The molecule has 60 valence electrons. The van der Waals surface area contributed by atoms with Gasteiger partial charge in [0.25, 0.3) is 0 Å². The van der Waals surface area contributed by atoms with Crippen molar-refractivity contribution in [3.63, 3.8) is 0 Å². The van der Waals surface area contributed by atoms with E-state index in [1.165, 1.54) is 11.1 Å². The highest BCUT2D eigenvalue weighted by molar-refractivity contribution is 6.02. The molecule has 0 fully saturated rings. The highest BCUT2D eigenvalue weighted by Gasteiger charge is 2.18. The van der Waals surface area contributed by atoms with Crippen molar-refractivity contribution in [1.29, 1.82) is 0 Å². The predicted octanol–water partition coefficient (Wildman–Crippen LogP) is 1.64. The number of anilines is 1. The first-order chi connectivity index (χ1) is 5.13. The zero-order valence-corrected chi connectivity index (χ0v) is 6.83. The van der Waals surface area contributed by atoms with Crippen molar-refractivity contribution in [2.75, 3.05) is 5.73 Å². The molecule has 0 aliphatic heterocycles. The minimum atomic E-state index is -0.167. The van der Waals surface area contributed by atoms with Crippen LogP contribution in [0.4, 0.5) is 5.69 Å². The van der Waals surface area contributed by atoms with E-state index in [0.717, 1.165) is 5.69 Å². The second kappa shape index (κ2) is 2.93. The molecule has 0 bridgehead atoms. The Labute approximate surface area is 66.7 Å². The third-order valence-electron chi connectivity index (χ3n) is 1.33. The Kier molecular flexibility index (Phi) is 2.15. The van der Waals surface area contributed by atoms with Crippen molar-refractivity contribution >= 4 is 5.69 Å². The number of fused-ring (bicyclic) bond motifs is 1. The van der Waals surface area contributed by atoms with Crippen LogP contribution in [0.5, 0.6) is 0 Å². The number of para-hydroxylation sites is 1. The maximum Gasteiger partial charge on any atom is 0.0483 e. The van der Waals surface area contributed by atoms with Crippen LogP contribution in [0.15, 0.2) is 18.2 Å². The monoisotopic (exact) mass is 151 g/mol. The van der Waals surface area contributed by atoms with Crippen LogP contribution in [-0.2, 0) is 0 Å². The molecule has 0 aromatic rings. The highest BCUT2D eigenvalue weighted by atomic mass is 16.3. The lowest BCUT2D eigenvalue weighted by Gasteiger charge is -1.80. The number of benzene rings is 1. The van der Waals surface area contributed by atoms with Crippen LogP contribution in [0.3, 0.4) is 0 Å². The molecule has 0 radical (unpaired) electrons. The molecule has 0 saturated carbocycles. The topological polar surface area (TPSA) is 46.2 Å². The van der Waals surface area contributed by atoms with E-state index in [0.29, 0.717) is 0 Å². The third-order valence-corrected chi connectivity index (χ3v) is 1.33. The summed E-state index contributed by atoms with van der Waals surface area (Å²) in [7, 11) is 0. The van der Waals surface area contributed by atoms with E-state index >= 15 is 0 Å². The molecule has 0 unspecified atom stereocenters. The fraction of sp³-hybridized carbons (Fsp3) is 0.333. The molecule has 0 aromatic carbocycles. The summed E-state index contributed by atoms with van der Waals surface area (Å²) in [5, 5.41) is 8.06. The molecular weight excluding hydrogens is 138 g/mol. The van der Waals surface area contributed by atoms with Gasteiger partial charge < -0.3 is 10.8 Å². The van der Waals surface area contributed by atoms with Crippen molar-refractivity contribution in [3.05, 3.63) is 18.2 Å². The second-order valence-electron chi connectivity index (χ2n) is 2.86. The normalized spacial score (nSPS) is 10.5. The zero-order valence-electron chi connectivity index (χ0n) is 6.83. The molecular formula is C9H13NO. The first-order valence-corrected chi connectivity index (χ1v) is 3.70. The van der Waals surface area contributed by atoms with Crippen molar-refractivity contribution in [2.45, 2.75) is 20.0 Å². The fourth-order valence-electron chi connectivity index (χ4n) is 0.833. The van der Waals surface area contributed by atoms with E-state index in [9.17, 15) is 0 Å². The first-order valence-electron chi connectivity index (χ1n) is 3.70. The Morgan fingerprint density at radius 3 is 1.82 bits per heavy atom. The van der Waals surface area contributed by atoms with E-state index in [1.807, 2.05) is 18.2 Å². The molecule has 0 heterocycles. The summed E-state index contributed by atoms with van der Waals surface area (Å²) in [4.78, 5) is 0. The van der Waals surface area contributed by atoms with E-state index in [1.54, 1.807) is 13.8 Å². The lowest BCUT2D eigenvalue weighted by Crippen LogP contribution is -1.85. The molecule has 0 amide bonds. The average molecular weight is 151 g/mol. The van der Waals surface area contributed by atoms with Crippen LogP contribution in [0, 0.1) is 0 Å². The number of nitrogens with two attached hydrogens (primary N) is 1. The van der Waals surface area contributed by atoms with Gasteiger partial charge in [-0.05, 0) is 13.8 Å². The summed E-state index contributed by atoms with van der Waals surface area (Å²) in [5.74, 6) is 0. The van der Waals surface area contributed by atoms with Crippen molar-refractivity contribution in [2.24, 2.45) is 0 Å². The lowest BCUT2D eigenvalue weighted by molar-refractivity contribution is 0.216. The Bertz CT molecular complexity index is 233. The van der Waals surface area contributed by atoms with E-state index < -0.39 is 0 Å². The molecule has 2 aliphatic carbocycles. The third kappa shape index (κ3) is 1.95. The Morgan fingerprint density at radius 1 is 1.27 bits per heavy atom. The lowest BCUT2D eigenvalue weighted by atomic mass is 10.5. The maximum atomic E-state index is 8.06. The van der Waals surface area contributed by atoms with Gasteiger partial charge in [0.15, 0.2) is 0 Å². The summed E-state index contributed by atoms with van der Waals surface area (Å²) >= 11 is 0.